The van der Waals surface area contributed by atoms with E-state index in [4.69, 9.17) is 10.5 Å². The number of ether oxygens (including phenoxy) is 1. The number of hydrogen-bond acceptors (Lipinski definition) is 5. The van der Waals surface area contributed by atoms with Gasteiger partial charge in [0, 0.05) is 19.1 Å². The normalized spacial score (nSPS) is 17.9. The predicted octanol–water partition coefficient (Wildman–Crippen LogP) is 1.58. The molecule has 18 heavy (non-hydrogen) atoms. The van der Waals surface area contributed by atoms with Crippen molar-refractivity contribution in [3.8, 4) is 5.75 Å². The molecule has 0 spiro atoms. The molecule has 5 heteroatoms. The zero-order valence-corrected chi connectivity index (χ0v) is 11.4. The van der Waals surface area contributed by atoms with Crippen LogP contribution in [0, 0.1) is 0 Å². The van der Waals surface area contributed by atoms with E-state index in [0.717, 1.165) is 31.9 Å². The van der Waals surface area contributed by atoms with Gasteiger partial charge in [0.05, 0.1) is 12.4 Å². The fourth-order valence-corrected chi connectivity index (χ4v) is 1.98. The Morgan fingerprint density at radius 3 is 2.28 bits per heavy atom. The summed E-state index contributed by atoms with van der Waals surface area (Å²) in [7, 11) is 0. The minimum Gasteiger partial charge on any atom is -0.485 e. The number of anilines is 1. The number of rotatable bonds is 2. The van der Waals surface area contributed by atoms with Crippen LogP contribution in [0.3, 0.4) is 0 Å². The number of nitrogens with two attached hydrogens (primary N) is 1. The molecule has 1 saturated heterocycles. The lowest BCUT2D eigenvalue weighted by Crippen LogP contribution is -2.40. The monoisotopic (exact) mass is 250 g/mol. The highest BCUT2D eigenvalue weighted by molar-refractivity contribution is 5.32. The summed E-state index contributed by atoms with van der Waals surface area (Å²) in [5.74, 6) is 1.48. The molecule has 1 fully saturated rings. The lowest BCUT2D eigenvalue weighted by atomic mass is 10.1. The SMILES string of the molecule is CC(C)(C)Oc1cnc(N2CCC(N)CC2)nc1. The zero-order valence-electron chi connectivity index (χ0n) is 11.4. The molecule has 0 bridgehead atoms. The average Bonchev–Trinajstić information content (AvgIpc) is 2.29. The summed E-state index contributed by atoms with van der Waals surface area (Å²) in [6, 6.07) is 0.324. The van der Waals surface area contributed by atoms with Crippen LogP contribution < -0.4 is 15.4 Å². The Balaban J connectivity index is 1.99. The number of hydrogen-bond donors (Lipinski definition) is 1. The maximum absolute atomic E-state index is 5.88. The second kappa shape index (κ2) is 5.10. The van der Waals surface area contributed by atoms with Crippen molar-refractivity contribution in [3.63, 3.8) is 0 Å². The summed E-state index contributed by atoms with van der Waals surface area (Å²) in [5.41, 5.74) is 5.66. The van der Waals surface area contributed by atoms with E-state index >= 15 is 0 Å². The van der Waals surface area contributed by atoms with Gasteiger partial charge in [-0.2, -0.15) is 0 Å². The van der Waals surface area contributed by atoms with Crippen LogP contribution in [-0.4, -0.2) is 34.7 Å². The molecule has 2 N–H and O–H groups in total. The van der Waals surface area contributed by atoms with Crippen LogP contribution in [0.5, 0.6) is 5.75 Å². The zero-order chi connectivity index (χ0) is 13.2. The van der Waals surface area contributed by atoms with Gasteiger partial charge in [-0.25, -0.2) is 9.97 Å². The van der Waals surface area contributed by atoms with Gasteiger partial charge in [-0.1, -0.05) is 0 Å². The fraction of sp³-hybridized carbons (Fsp3) is 0.692. The van der Waals surface area contributed by atoms with E-state index in [9.17, 15) is 0 Å². The molecule has 0 saturated carbocycles. The molecule has 5 nitrogen and oxygen atoms in total. The van der Waals surface area contributed by atoms with E-state index in [1.165, 1.54) is 0 Å². The Hall–Kier alpha value is -1.36. The van der Waals surface area contributed by atoms with Gasteiger partial charge in [0.2, 0.25) is 5.95 Å². The molecule has 0 aromatic carbocycles. The van der Waals surface area contributed by atoms with Crippen LogP contribution >= 0.6 is 0 Å². The van der Waals surface area contributed by atoms with Crippen LogP contribution in [0.1, 0.15) is 33.6 Å². The van der Waals surface area contributed by atoms with Crippen molar-refractivity contribution in [2.45, 2.75) is 45.3 Å². The summed E-state index contributed by atoms with van der Waals surface area (Å²) >= 11 is 0. The van der Waals surface area contributed by atoms with Gasteiger partial charge in [0.25, 0.3) is 0 Å². The minimum absolute atomic E-state index is 0.219. The van der Waals surface area contributed by atoms with Crippen molar-refractivity contribution in [1.82, 2.24) is 9.97 Å². The summed E-state index contributed by atoms with van der Waals surface area (Å²) < 4.78 is 5.70. The molecular weight excluding hydrogens is 228 g/mol. The largest absolute Gasteiger partial charge is 0.485 e. The molecule has 1 aromatic rings. The van der Waals surface area contributed by atoms with E-state index in [-0.39, 0.29) is 5.60 Å². The summed E-state index contributed by atoms with van der Waals surface area (Å²) in [4.78, 5) is 10.9. The lowest BCUT2D eigenvalue weighted by molar-refractivity contribution is 0.129. The topological polar surface area (TPSA) is 64.3 Å². The second-order valence-electron chi connectivity index (χ2n) is 5.76. The molecule has 100 valence electrons. The third kappa shape index (κ3) is 3.57. The van der Waals surface area contributed by atoms with Gasteiger partial charge in [0.1, 0.15) is 5.60 Å². The smallest absolute Gasteiger partial charge is 0.225 e. The van der Waals surface area contributed by atoms with E-state index < -0.39 is 0 Å². The minimum atomic E-state index is -0.219. The third-order valence-corrected chi connectivity index (χ3v) is 2.86. The van der Waals surface area contributed by atoms with Crippen LogP contribution in [-0.2, 0) is 0 Å². The molecule has 0 aliphatic carbocycles. The van der Waals surface area contributed by atoms with Crippen LogP contribution in [0.4, 0.5) is 5.95 Å². The highest BCUT2D eigenvalue weighted by atomic mass is 16.5. The quantitative estimate of drug-likeness (QED) is 0.863. The van der Waals surface area contributed by atoms with Gasteiger partial charge >= 0.3 is 0 Å². The standard InChI is InChI=1S/C13H22N4O/c1-13(2,3)18-11-8-15-12(16-9-11)17-6-4-10(14)5-7-17/h8-10H,4-7,14H2,1-3H3. The van der Waals surface area contributed by atoms with Crippen LogP contribution in [0.2, 0.25) is 0 Å². The van der Waals surface area contributed by atoms with Crippen molar-refractivity contribution in [1.29, 1.82) is 0 Å². The Morgan fingerprint density at radius 1 is 1.22 bits per heavy atom. The predicted molar refractivity (Wildman–Crippen MR) is 71.8 cm³/mol. The maximum Gasteiger partial charge on any atom is 0.225 e. The molecule has 0 radical (unpaired) electrons. The summed E-state index contributed by atoms with van der Waals surface area (Å²) in [6.07, 6.45) is 5.48. The van der Waals surface area contributed by atoms with Crippen molar-refractivity contribution in [3.05, 3.63) is 12.4 Å². The fourth-order valence-electron chi connectivity index (χ4n) is 1.98. The molecule has 1 aliphatic rings. The van der Waals surface area contributed by atoms with E-state index in [2.05, 4.69) is 14.9 Å². The number of nitrogens with zero attached hydrogens (tertiary/aromatic N) is 3. The van der Waals surface area contributed by atoms with Crippen molar-refractivity contribution < 1.29 is 4.74 Å². The Morgan fingerprint density at radius 2 is 1.78 bits per heavy atom. The molecule has 0 amide bonds. The van der Waals surface area contributed by atoms with Crippen molar-refractivity contribution >= 4 is 5.95 Å². The highest BCUT2D eigenvalue weighted by Gasteiger charge is 2.18. The lowest BCUT2D eigenvalue weighted by Gasteiger charge is -2.30. The molecule has 2 rings (SSSR count). The van der Waals surface area contributed by atoms with Gasteiger partial charge in [-0.15, -0.1) is 0 Å². The number of piperidine rings is 1. The van der Waals surface area contributed by atoms with Crippen LogP contribution in [0.15, 0.2) is 12.4 Å². The van der Waals surface area contributed by atoms with E-state index in [1.807, 2.05) is 20.8 Å². The van der Waals surface area contributed by atoms with Crippen molar-refractivity contribution in [2.24, 2.45) is 5.73 Å². The summed E-state index contributed by atoms with van der Waals surface area (Å²) in [5, 5.41) is 0. The molecule has 1 aromatic heterocycles. The first-order valence-corrected chi connectivity index (χ1v) is 6.46. The first-order valence-electron chi connectivity index (χ1n) is 6.46. The second-order valence-corrected chi connectivity index (χ2v) is 5.76. The van der Waals surface area contributed by atoms with E-state index in [1.54, 1.807) is 12.4 Å². The summed E-state index contributed by atoms with van der Waals surface area (Å²) in [6.45, 7) is 7.88. The Labute approximate surface area is 108 Å². The van der Waals surface area contributed by atoms with Gasteiger partial charge in [0.15, 0.2) is 5.75 Å². The van der Waals surface area contributed by atoms with Crippen molar-refractivity contribution in [2.75, 3.05) is 18.0 Å². The molecule has 0 unspecified atom stereocenters. The third-order valence-electron chi connectivity index (χ3n) is 2.86. The van der Waals surface area contributed by atoms with Crippen LogP contribution in [0.25, 0.3) is 0 Å². The van der Waals surface area contributed by atoms with Gasteiger partial charge in [-0.3, -0.25) is 0 Å². The number of aromatic nitrogens is 2. The molecule has 2 heterocycles. The van der Waals surface area contributed by atoms with E-state index in [0.29, 0.717) is 11.8 Å². The average molecular weight is 250 g/mol. The Kier molecular flexibility index (Phi) is 3.71. The highest BCUT2D eigenvalue weighted by Crippen LogP contribution is 2.19. The van der Waals surface area contributed by atoms with Gasteiger partial charge in [-0.05, 0) is 33.6 Å². The first-order chi connectivity index (χ1) is 8.44. The Bertz CT molecular complexity index is 377. The molecule has 1 aliphatic heterocycles. The molecule has 0 atom stereocenters. The molecular formula is C13H22N4O. The first kappa shape index (κ1) is 13.1. The van der Waals surface area contributed by atoms with Gasteiger partial charge < -0.3 is 15.4 Å². The maximum atomic E-state index is 5.88.